The van der Waals surface area contributed by atoms with Crippen LogP contribution in [0.5, 0.6) is 0 Å². The van der Waals surface area contributed by atoms with E-state index in [0.29, 0.717) is 16.5 Å². The number of carbonyl (C=O) groups excluding carboxylic acids is 1. The molecule has 0 heterocycles. The van der Waals surface area contributed by atoms with Crippen LogP contribution in [-0.2, 0) is 9.59 Å². The number of hydrogen-bond donors (Lipinski definition) is 2. The molecule has 1 amide bonds. The first-order chi connectivity index (χ1) is 9.95. The predicted molar refractivity (Wildman–Crippen MR) is 79.9 cm³/mol. The molecule has 0 aromatic heterocycles. The Morgan fingerprint density at radius 1 is 1.38 bits per heavy atom. The summed E-state index contributed by atoms with van der Waals surface area (Å²) in [5.41, 5.74) is 0.296. The number of carboxylic acid groups (broad SMARTS) is 1. The van der Waals surface area contributed by atoms with Crippen LogP contribution in [0.1, 0.15) is 12.0 Å². The van der Waals surface area contributed by atoms with Crippen molar-refractivity contribution in [2.24, 2.45) is 5.92 Å². The van der Waals surface area contributed by atoms with E-state index < -0.39 is 23.6 Å². The van der Waals surface area contributed by atoms with E-state index in [1.54, 1.807) is 24.3 Å². The molecule has 0 saturated carbocycles. The second-order valence-corrected chi connectivity index (χ2v) is 5.60. The number of hydrogen-bond acceptors (Lipinski definition) is 2. The van der Waals surface area contributed by atoms with Gasteiger partial charge in [-0.2, -0.15) is 0 Å². The first kappa shape index (κ1) is 15.4. The summed E-state index contributed by atoms with van der Waals surface area (Å²) in [6.07, 6.45) is 6.16. The molecule has 1 aliphatic rings. The molecule has 2 atom stereocenters. The van der Waals surface area contributed by atoms with Crippen molar-refractivity contribution in [2.75, 3.05) is 0 Å². The van der Waals surface area contributed by atoms with Crippen molar-refractivity contribution in [3.05, 3.63) is 52.3 Å². The van der Waals surface area contributed by atoms with Crippen molar-refractivity contribution in [2.45, 2.75) is 12.5 Å². The lowest BCUT2D eigenvalue weighted by Gasteiger charge is -2.10. The monoisotopic (exact) mass is 353 g/mol. The first-order valence-corrected chi connectivity index (χ1v) is 7.10. The molecule has 0 radical (unpaired) electrons. The Morgan fingerprint density at radius 3 is 2.81 bits per heavy atom. The molecule has 1 aromatic rings. The molecule has 4 nitrogen and oxygen atoms in total. The normalized spacial score (nSPS) is 20.9. The van der Waals surface area contributed by atoms with E-state index in [1.807, 2.05) is 0 Å². The molecular formula is C15H13BrFNO3. The highest BCUT2D eigenvalue weighted by molar-refractivity contribution is 9.10. The van der Waals surface area contributed by atoms with Gasteiger partial charge in [-0.3, -0.25) is 9.59 Å². The molecule has 0 aliphatic heterocycles. The summed E-state index contributed by atoms with van der Waals surface area (Å²) in [4.78, 5) is 22.5. The Hall–Kier alpha value is -1.95. The molecule has 2 N–H and O–H groups in total. The Labute approximate surface area is 129 Å². The van der Waals surface area contributed by atoms with Gasteiger partial charge in [-0.1, -0.05) is 28.1 Å². The second kappa shape index (κ2) is 6.67. The zero-order valence-electron chi connectivity index (χ0n) is 10.9. The fourth-order valence-electron chi connectivity index (χ4n) is 2.03. The summed E-state index contributed by atoms with van der Waals surface area (Å²) in [6.45, 7) is 0. The highest BCUT2D eigenvalue weighted by atomic mass is 79.9. The molecule has 21 heavy (non-hydrogen) atoms. The minimum atomic E-state index is -0.908. The highest BCUT2D eigenvalue weighted by Gasteiger charge is 2.24. The van der Waals surface area contributed by atoms with Crippen LogP contribution in [0.2, 0.25) is 0 Å². The van der Waals surface area contributed by atoms with Crippen LogP contribution < -0.4 is 5.32 Å². The molecule has 6 heteroatoms. The molecule has 0 saturated heterocycles. The smallest absolute Gasteiger partial charge is 0.310 e. The number of carbonyl (C=O) groups is 2. The van der Waals surface area contributed by atoms with Gasteiger partial charge in [0.15, 0.2) is 0 Å². The maximum Gasteiger partial charge on any atom is 0.310 e. The molecule has 110 valence electrons. The van der Waals surface area contributed by atoms with Crippen LogP contribution in [0, 0.1) is 11.7 Å². The van der Waals surface area contributed by atoms with Crippen LogP contribution in [0.3, 0.4) is 0 Å². The molecule has 0 spiro atoms. The van der Waals surface area contributed by atoms with E-state index in [4.69, 9.17) is 5.11 Å². The Kier molecular flexibility index (Phi) is 4.90. The zero-order valence-corrected chi connectivity index (χ0v) is 12.5. The van der Waals surface area contributed by atoms with Crippen molar-refractivity contribution in [1.82, 2.24) is 5.32 Å². The van der Waals surface area contributed by atoms with Crippen molar-refractivity contribution >= 4 is 33.9 Å². The zero-order chi connectivity index (χ0) is 15.4. The van der Waals surface area contributed by atoms with E-state index >= 15 is 0 Å². The molecule has 0 bridgehead atoms. The molecule has 1 aliphatic carbocycles. The van der Waals surface area contributed by atoms with Gasteiger partial charge in [0, 0.05) is 22.2 Å². The summed E-state index contributed by atoms with van der Waals surface area (Å²) < 4.78 is 14.2. The summed E-state index contributed by atoms with van der Waals surface area (Å²) in [5, 5.41) is 11.5. The largest absolute Gasteiger partial charge is 0.481 e. The second-order valence-electron chi connectivity index (χ2n) is 4.68. The fourth-order valence-corrected chi connectivity index (χ4v) is 2.41. The molecule has 0 fully saturated rings. The van der Waals surface area contributed by atoms with Crippen LogP contribution in [0.25, 0.3) is 6.08 Å². The van der Waals surface area contributed by atoms with Gasteiger partial charge in [-0.15, -0.1) is 0 Å². The number of nitrogens with one attached hydrogen (secondary N) is 1. The van der Waals surface area contributed by atoms with E-state index in [9.17, 15) is 14.0 Å². The molecular weight excluding hydrogens is 341 g/mol. The van der Waals surface area contributed by atoms with E-state index in [1.165, 1.54) is 18.2 Å². The quantitative estimate of drug-likeness (QED) is 0.646. The number of halogens is 2. The van der Waals surface area contributed by atoms with Crippen molar-refractivity contribution < 1.29 is 19.1 Å². The third kappa shape index (κ3) is 4.26. The van der Waals surface area contributed by atoms with Gasteiger partial charge in [0.05, 0.1) is 5.92 Å². The summed E-state index contributed by atoms with van der Waals surface area (Å²) >= 11 is 3.23. The van der Waals surface area contributed by atoms with Gasteiger partial charge >= 0.3 is 5.97 Å². The van der Waals surface area contributed by atoms with Crippen molar-refractivity contribution in [3.8, 4) is 0 Å². The lowest BCUT2D eigenvalue weighted by molar-refractivity contribution is -0.140. The number of aliphatic carboxylic acids is 1. The minimum absolute atomic E-state index is 0.296. The van der Waals surface area contributed by atoms with Gasteiger partial charge in [0.2, 0.25) is 5.91 Å². The Morgan fingerprint density at radius 2 is 2.14 bits per heavy atom. The van der Waals surface area contributed by atoms with Crippen LogP contribution in [0.15, 0.2) is 40.9 Å². The van der Waals surface area contributed by atoms with Gasteiger partial charge in [-0.05, 0) is 30.7 Å². The third-order valence-electron chi connectivity index (χ3n) is 3.10. The fraction of sp³-hybridized carbons (Fsp3) is 0.200. The van der Waals surface area contributed by atoms with Gasteiger partial charge in [-0.25, -0.2) is 4.39 Å². The topological polar surface area (TPSA) is 66.4 Å². The van der Waals surface area contributed by atoms with E-state index in [0.717, 1.165) is 0 Å². The van der Waals surface area contributed by atoms with Gasteiger partial charge in [0.25, 0.3) is 0 Å². The predicted octanol–water partition coefficient (Wildman–Crippen LogP) is 2.75. The lowest BCUT2D eigenvalue weighted by Crippen LogP contribution is -2.31. The average molecular weight is 354 g/mol. The average Bonchev–Trinajstić information content (AvgIpc) is 2.88. The number of rotatable bonds is 4. The number of benzene rings is 1. The summed E-state index contributed by atoms with van der Waals surface area (Å²) in [7, 11) is 0. The highest BCUT2D eigenvalue weighted by Crippen LogP contribution is 2.18. The number of amides is 1. The standard InChI is InChI=1S/C15H13BrFNO3/c16-11-3-5-13(17)9(7-11)2-6-14(19)18-12-4-1-10(8-12)15(20)21/h1-7,10,12H,8H2,(H,18,19)(H,20,21). The van der Waals surface area contributed by atoms with Crippen LogP contribution >= 0.6 is 15.9 Å². The summed E-state index contributed by atoms with van der Waals surface area (Å²) in [5.74, 6) is -2.29. The van der Waals surface area contributed by atoms with Crippen LogP contribution in [-0.4, -0.2) is 23.0 Å². The maximum absolute atomic E-state index is 13.5. The van der Waals surface area contributed by atoms with Gasteiger partial charge < -0.3 is 10.4 Å². The molecule has 1 aromatic carbocycles. The Bertz CT molecular complexity index is 627. The van der Waals surface area contributed by atoms with Crippen LogP contribution in [0.4, 0.5) is 4.39 Å². The minimum Gasteiger partial charge on any atom is -0.481 e. The van der Waals surface area contributed by atoms with E-state index in [2.05, 4.69) is 21.2 Å². The molecule has 2 unspecified atom stereocenters. The summed E-state index contributed by atoms with van der Waals surface area (Å²) in [6, 6.07) is 4.13. The maximum atomic E-state index is 13.5. The number of carboxylic acids is 1. The first-order valence-electron chi connectivity index (χ1n) is 6.30. The lowest BCUT2D eigenvalue weighted by atomic mass is 10.1. The molecule has 2 rings (SSSR count). The Balaban J connectivity index is 1.93. The SMILES string of the molecule is O=C(C=Cc1cc(Br)ccc1F)NC1C=CC(C(=O)O)C1. The van der Waals surface area contributed by atoms with Crippen molar-refractivity contribution in [1.29, 1.82) is 0 Å². The van der Waals surface area contributed by atoms with E-state index in [-0.39, 0.29) is 6.04 Å². The van der Waals surface area contributed by atoms with Gasteiger partial charge in [0.1, 0.15) is 5.82 Å². The van der Waals surface area contributed by atoms with Crippen molar-refractivity contribution in [3.63, 3.8) is 0 Å². The third-order valence-corrected chi connectivity index (χ3v) is 3.59.